The number of unbranched alkanes of at least 4 members (excludes halogenated alkanes) is 1. The van der Waals surface area contributed by atoms with Crippen molar-refractivity contribution < 1.29 is 15.0 Å². The fourth-order valence-corrected chi connectivity index (χ4v) is 2.66. The zero-order chi connectivity index (χ0) is 20.5. The SMILES string of the molecule is NCCCNCCCNCCCCNCCCNC(=O)c1cc(O)ccc1O. The molecule has 0 heterocycles. The van der Waals surface area contributed by atoms with E-state index in [0.29, 0.717) is 6.54 Å². The molecule has 0 aliphatic heterocycles. The first-order valence-electron chi connectivity index (χ1n) is 10.3. The highest BCUT2D eigenvalue weighted by atomic mass is 16.3. The van der Waals surface area contributed by atoms with Gasteiger partial charge in [0, 0.05) is 6.54 Å². The van der Waals surface area contributed by atoms with E-state index in [1.165, 1.54) is 18.2 Å². The number of carbonyl (C=O) groups excluding carboxylic acids is 1. The van der Waals surface area contributed by atoms with Crippen LogP contribution in [0.3, 0.4) is 0 Å². The maximum atomic E-state index is 11.9. The van der Waals surface area contributed by atoms with Crippen LogP contribution in [-0.4, -0.2) is 68.5 Å². The second kappa shape index (κ2) is 16.1. The first-order chi connectivity index (χ1) is 13.6. The Morgan fingerprint density at radius 3 is 1.93 bits per heavy atom. The number of hydrogen-bond acceptors (Lipinski definition) is 7. The van der Waals surface area contributed by atoms with Gasteiger partial charge in [-0.25, -0.2) is 0 Å². The van der Waals surface area contributed by atoms with Gasteiger partial charge in [0.15, 0.2) is 0 Å². The summed E-state index contributed by atoms with van der Waals surface area (Å²) in [4.78, 5) is 11.9. The van der Waals surface area contributed by atoms with E-state index in [9.17, 15) is 15.0 Å². The quantitative estimate of drug-likeness (QED) is 0.151. The lowest BCUT2D eigenvalue weighted by Gasteiger charge is -2.08. The Bertz CT molecular complexity index is 543. The van der Waals surface area contributed by atoms with Crippen LogP contribution in [0.5, 0.6) is 11.5 Å². The Morgan fingerprint density at radius 1 is 0.786 bits per heavy atom. The van der Waals surface area contributed by atoms with E-state index in [1.807, 2.05) is 0 Å². The van der Waals surface area contributed by atoms with Crippen molar-refractivity contribution in [2.24, 2.45) is 5.73 Å². The second-order valence-electron chi connectivity index (χ2n) is 6.76. The van der Waals surface area contributed by atoms with Crippen LogP contribution in [-0.2, 0) is 0 Å². The minimum atomic E-state index is -0.381. The number of amides is 1. The van der Waals surface area contributed by atoms with Crippen LogP contribution in [0.25, 0.3) is 0 Å². The number of carbonyl (C=O) groups is 1. The van der Waals surface area contributed by atoms with E-state index < -0.39 is 0 Å². The summed E-state index contributed by atoms with van der Waals surface area (Å²) in [6.45, 7) is 7.17. The lowest BCUT2D eigenvalue weighted by atomic mass is 10.1. The van der Waals surface area contributed by atoms with Gasteiger partial charge in [-0.05, 0) is 96.1 Å². The Morgan fingerprint density at radius 2 is 1.32 bits per heavy atom. The number of aromatic hydroxyl groups is 2. The smallest absolute Gasteiger partial charge is 0.255 e. The summed E-state index contributed by atoms with van der Waals surface area (Å²) in [5, 5.41) is 31.9. The van der Waals surface area contributed by atoms with E-state index in [-0.39, 0.29) is 23.0 Å². The van der Waals surface area contributed by atoms with Crippen molar-refractivity contribution >= 4 is 5.91 Å². The number of phenolic OH excluding ortho intramolecular Hbond substituents is 2. The maximum absolute atomic E-state index is 11.9. The van der Waals surface area contributed by atoms with Gasteiger partial charge >= 0.3 is 0 Å². The average molecular weight is 396 g/mol. The molecule has 160 valence electrons. The van der Waals surface area contributed by atoms with Crippen LogP contribution in [0.2, 0.25) is 0 Å². The monoisotopic (exact) mass is 395 g/mol. The van der Waals surface area contributed by atoms with Crippen LogP contribution in [0.4, 0.5) is 0 Å². The molecule has 8 nitrogen and oxygen atoms in total. The first kappa shape index (κ1) is 24.2. The molecule has 28 heavy (non-hydrogen) atoms. The molecule has 0 saturated carbocycles. The van der Waals surface area contributed by atoms with E-state index >= 15 is 0 Å². The van der Waals surface area contributed by atoms with E-state index in [4.69, 9.17) is 5.73 Å². The predicted octanol–water partition coefficient (Wildman–Crippen LogP) is 0.506. The highest BCUT2D eigenvalue weighted by Gasteiger charge is 2.11. The molecular weight excluding hydrogens is 358 g/mol. The van der Waals surface area contributed by atoms with Gasteiger partial charge in [-0.2, -0.15) is 0 Å². The molecule has 1 rings (SSSR count). The molecule has 0 radical (unpaired) electrons. The molecule has 0 saturated heterocycles. The Labute approximate surface area is 168 Å². The van der Waals surface area contributed by atoms with E-state index in [2.05, 4.69) is 21.3 Å². The van der Waals surface area contributed by atoms with Gasteiger partial charge in [-0.3, -0.25) is 4.79 Å². The summed E-state index contributed by atoms with van der Waals surface area (Å²) in [5.41, 5.74) is 5.53. The molecule has 0 aliphatic carbocycles. The highest BCUT2D eigenvalue weighted by Crippen LogP contribution is 2.21. The Kier molecular flexibility index (Phi) is 13.9. The molecule has 0 fully saturated rings. The van der Waals surface area contributed by atoms with Gasteiger partial charge in [0.05, 0.1) is 5.56 Å². The Hall–Kier alpha value is -1.87. The maximum Gasteiger partial charge on any atom is 0.255 e. The highest BCUT2D eigenvalue weighted by molar-refractivity contribution is 5.97. The van der Waals surface area contributed by atoms with Crippen molar-refractivity contribution in [3.8, 4) is 11.5 Å². The van der Waals surface area contributed by atoms with Gasteiger partial charge in [0.1, 0.15) is 11.5 Å². The van der Waals surface area contributed by atoms with E-state index in [0.717, 1.165) is 77.9 Å². The van der Waals surface area contributed by atoms with Crippen molar-refractivity contribution in [3.05, 3.63) is 23.8 Å². The molecule has 1 amide bonds. The van der Waals surface area contributed by atoms with Gasteiger partial charge in [-0.1, -0.05) is 0 Å². The minimum Gasteiger partial charge on any atom is -0.508 e. The normalized spacial score (nSPS) is 10.9. The molecule has 0 aromatic heterocycles. The number of benzene rings is 1. The third-order valence-corrected chi connectivity index (χ3v) is 4.26. The number of rotatable bonds is 17. The van der Waals surface area contributed by atoms with Crippen molar-refractivity contribution in [2.75, 3.05) is 52.4 Å². The predicted molar refractivity (Wildman–Crippen MR) is 113 cm³/mol. The number of nitrogens with two attached hydrogens (primary N) is 1. The number of nitrogens with one attached hydrogen (secondary N) is 4. The van der Waals surface area contributed by atoms with E-state index in [1.54, 1.807) is 0 Å². The zero-order valence-electron chi connectivity index (χ0n) is 16.8. The molecule has 0 atom stereocenters. The van der Waals surface area contributed by atoms with Crippen molar-refractivity contribution in [3.63, 3.8) is 0 Å². The average Bonchev–Trinajstić information content (AvgIpc) is 2.69. The zero-order valence-corrected chi connectivity index (χ0v) is 16.8. The van der Waals surface area contributed by atoms with Gasteiger partial charge in [-0.15, -0.1) is 0 Å². The second-order valence-corrected chi connectivity index (χ2v) is 6.76. The largest absolute Gasteiger partial charge is 0.508 e. The fraction of sp³-hybridized carbons (Fsp3) is 0.650. The lowest BCUT2D eigenvalue weighted by Crippen LogP contribution is -2.28. The van der Waals surface area contributed by atoms with Gasteiger partial charge in [0.25, 0.3) is 5.91 Å². The van der Waals surface area contributed by atoms with Gasteiger partial charge < -0.3 is 37.2 Å². The molecule has 0 aliphatic rings. The van der Waals surface area contributed by atoms with Crippen molar-refractivity contribution in [2.45, 2.75) is 32.1 Å². The summed E-state index contributed by atoms with van der Waals surface area (Å²) >= 11 is 0. The van der Waals surface area contributed by atoms with Gasteiger partial charge in [0.2, 0.25) is 0 Å². The first-order valence-corrected chi connectivity index (χ1v) is 10.3. The van der Waals surface area contributed by atoms with Crippen LogP contribution in [0, 0.1) is 0 Å². The lowest BCUT2D eigenvalue weighted by molar-refractivity contribution is 0.0950. The van der Waals surface area contributed by atoms with Crippen LogP contribution < -0.4 is 27.0 Å². The summed E-state index contributed by atoms with van der Waals surface area (Å²) in [7, 11) is 0. The van der Waals surface area contributed by atoms with Crippen LogP contribution in [0.15, 0.2) is 18.2 Å². The molecule has 0 bridgehead atoms. The standard InChI is InChI=1S/C20H37N5O3/c21-8-3-11-24-13-4-12-22-9-1-2-10-23-14-5-15-25-20(28)18-16-17(26)6-7-19(18)27/h6-7,16,22-24,26-27H,1-5,8-15,21H2,(H,25,28). The number of hydrogen-bond donors (Lipinski definition) is 7. The molecule has 8 heteroatoms. The molecule has 1 aromatic rings. The van der Waals surface area contributed by atoms with Crippen LogP contribution in [0.1, 0.15) is 42.5 Å². The third-order valence-electron chi connectivity index (χ3n) is 4.26. The third kappa shape index (κ3) is 11.8. The molecule has 1 aromatic carbocycles. The topological polar surface area (TPSA) is 132 Å². The fourth-order valence-electron chi connectivity index (χ4n) is 2.66. The summed E-state index contributed by atoms with van der Waals surface area (Å²) in [6.07, 6.45) is 5.23. The van der Waals surface area contributed by atoms with Crippen molar-refractivity contribution in [1.82, 2.24) is 21.3 Å². The molecule has 0 spiro atoms. The summed E-state index contributed by atoms with van der Waals surface area (Å²) in [6, 6.07) is 3.91. The minimum absolute atomic E-state index is 0.0433. The van der Waals surface area contributed by atoms with Crippen molar-refractivity contribution in [1.29, 1.82) is 0 Å². The number of phenols is 2. The molecule has 0 unspecified atom stereocenters. The molecular formula is C20H37N5O3. The summed E-state index contributed by atoms with van der Waals surface area (Å²) < 4.78 is 0. The summed E-state index contributed by atoms with van der Waals surface area (Å²) in [5.74, 6) is -0.558. The Balaban J connectivity index is 1.87. The van der Waals surface area contributed by atoms with Crippen LogP contribution >= 0.6 is 0 Å². The molecule has 8 N–H and O–H groups in total.